The molecule has 1 N–H and O–H groups in total. The van der Waals surface area contributed by atoms with Gasteiger partial charge in [0.2, 0.25) is 0 Å². The summed E-state index contributed by atoms with van der Waals surface area (Å²) in [5.74, 6) is -0.0627. The summed E-state index contributed by atoms with van der Waals surface area (Å²) >= 11 is 0. The summed E-state index contributed by atoms with van der Waals surface area (Å²) in [6.45, 7) is 1.54. The molecule has 2 aliphatic rings. The predicted molar refractivity (Wildman–Crippen MR) is 87.3 cm³/mol. The van der Waals surface area contributed by atoms with Crippen LogP contribution in [0.1, 0.15) is 40.2 Å². The fourth-order valence-corrected chi connectivity index (χ4v) is 3.97. The van der Waals surface area contributed by atoms with Crippen molar-refractivity contribution in [1.82, 2.24) is 14.7 Å². The molecule has 0 radical (unpaired) electrons. The van der Waals surface area contributed by atoms with Crippen molar-refractivity contribution < 1.29 is 14.7 Å². The number of benzene rings is 1. The number of aromatic nitrogens is 2. The minimum absolute atomic E-state index is 0.110. The van der Waals surface area contributed by atoms with Gasteiger partial charge in [0, 0.05) is 19.2 Å². The molecule has 0 bridgehead atoms. The van der Waals surface area contributed by atoms with E-state index in [-0.39, 0.29) is 11.6 Å². The summed E-state index contributed by atoms with van der Waals surface area (Å²) in [4.78, 5) is 26.1. The molecule has 2 aromatic rings. The van der Waals surface area contributed by atoms with Crippen molar-refractivity contribution in [2.24, 2.45) is 11.8 Å². The van der Waals surface area contributed by atoms with Crippen LogP contribution in [0, 0.1) is 11.8 Å². The Bertz CT molecular complexity index is 772. The fourth-order valence-electron chi connectivity index (χ4n) is 3.97. The SMILES string of the molecule is O=C(O)c1cc(C(=O)N2C[C@H]3CCC[C@@H]3C2)n(-c2ccccc2)n1. The Morgan fingerprint density at radius 2 is 1.75 bits per heavy atom. The number of nitrogens with zero attached hydrogens (tertiary/aromatic N) is 3. The highest BCUT2D eigenvalue weighted by Crippen LogP contribution is 2.38. The average molecular weight is 325 g/mol. The van der Waals surface area contributed by atoms with E-state index in [2.05, 4.69) is 5.10 Å². The molecular weight excluding hydrogens is 306 g/mol. The van der Waals surface area contributed by atoms with E-state index in [1.807, 2.05) is 35.2 Å². The summed E-state index contributed by atoms with van der Waals surface area (Å²) in [7, 11) is 0. The number of hydrogen-bond donors (Lipinski definition) is 1. The van der Waals surface area contributed by atoms with Crippen molar-refractivity contribution in [3.05, 3.63) is 47.8 Å². The Morgan fingerprint density at radius 1 is 1.08 bits per heavy atom. The van der Waals surface area contributed by atoms with Crippen LogP contribution in [0.3, 0.4) is 0 Å². The monoisotopic (exact) mass is 325 g/mol. The molecule has 1 saturated heterocycles. The van der Waals surface area contributed by atoms with Crippen LogP contribution in [0.4, 0.5) is 0 Å². The van der Waals surface area contributed by atoms with Gasteiger partial charge in [-0.2, -0.15) is 5.10 Å². The molecule has 0 spiro atoms. The van der Waals surface area contributed by atoms with Crippen LogP contribution in [0.15, 0.2) is 36.4 Å². The first-order valence-corrected chi connectivity index (χ1v) is 8.31. The smallest absolute Gasteiger partial charge is 0.356 e. The zero-order valence-corrected chi connectivity index (χ0v) is 13.3. The summed E-state index contributed by atoms with van der Waals surface area (Å²) in [5, 5.41) is 13.4. The van der Waals surface area contributed by atoms with Gasteiger partial charge < -0.3 is 10.0 Å². The Balaban J connectivity index is 1.69. The highest BCUT2D eigenvalue weighted by molar-refractivity contribution is 5.96. The third kappa shape index (κ3) is 2.48. The number of aromatic carboxylic acids is 1. The molecule has 0 unspecified atom stereocenters. The normalized spacial score (nSPS) is 22.6. The van der Waals surface area contributed by atoms with E-state index in [1.165, 1.54) is 30.0 Å². The first-order chi connectivity index (χ1) is 11.6. The van der Waals surface area contributed by atoms with Crippen LogP contribution in [0.25, 0.3) is 5.69 Å². The van der Waals surface area contributed by atoms with Crippen molar-refractivity contribution in [2.75, 3.05) is 13.1 Å². The number of rotatable bonds is 3. The van der Waals surface area contributed by atoms with Crippen molar-refractivity contribution >= 4 is 11.9 Å². The first kappa shape index (κ1) is 14.9. The van der Waals surface area contributed by atoms with Gasteiger partial charge in [0.15, 0.2) is 5.69 Å². The molecule has 1 aromatic carbocycles. The number of hydrogen-bond acceptors (Lipinski definition) is 3. The fraction of sp³-hybridized carbons (Fsp3) is 0.389. The van der Waals surface area contributed by atoms with Crippen LogP contribution in [0.2, 0.25) is 0 Å². The molecule has 2 fully saturated rings. The van der Waals surface area contributed by atoms with E-state index in [1.54, 1.807) is 0 Å². The van der Waals surface area contributed by atoms with E-state index in [9.17, 15) is 14.7 Å². The van der Waals surface area contributed by atoms with Gasteiger partial charge >= 0.3 is 5.97 Å². The molecule has 2 heterocycles. The lowest BCUT2D eigenvalue weighted by atomic mass is 10.0. The first-order valence-electron chi connectivity index (χ1n) is 8.31. The molecule has 24 heavy (non-hydrogen) atoms. The van der Waals surface area contributed by atoms with E-state index in [4.69, 9.17) is 0 Å². The zero-order valence-electron chi connectivity index (χ0n) is 13.3. The van der Waals surface area contributed by atoms with Crippen LogP contribution in [-0.4, -0.2) is 44.8 Å². The van der Waals surface area contributed by atoms with Crippen molar-refractivity contribution in [3.8, 4) is 5.69 Å². The molecule has 124 valence electrons. The number of carbonyl (C=O) groups excluding carboxylic acids is 1. The maximum Gasteiger partial charge on any atom is 0.356 e. The molecule has 6 heteroatoms. The molecule has 6 nitrogen and oxygen atoms in total. The molecule has 2 atom stereocenters. The Labute approximate surface area is 139 Å². The van der Waals surface area contributed by atoms with Crippen LogP contribution >= 0.6 is 0 Å². The van der Waals surface area contributed by atoms with Crippen LogP contribution in [0.5, 0.6) is 0 Å². The van der Waals surface area contributed by atoms with Gasteiger partial charge in [-0.05, 0) is 36.8 Å². The second-order valence-corrected chi connectivity index (χ2v) is 6.63. The molecule has 1 aliphatic carbocycles. The Kier molecular flexibility index (Phi) is 3.59. The highest BCUT2D eigenvalue weighted by atomic mass is 16.4. The van der Waals surface area contributed by atoms with Crippen LogP contribution < -0.4 is 0 Å². The summed E-state index contributed by atoms with van der Waals surface area (Å²) in [6, 6.07) is 10.6. The van der Waals surface area contributed by atoms with E-state index in [0.717, 1.165) is 13.1 Å². The minimum atomic E-state index is -1.13. The molecule has 1 aromatic heterocycles. The number of para-hydroxylation sites is 1. The second kappa shape index (κ2) is 5.78. The third-order valence-corrected chi connectivity index (χ3v) is 5.16. The van der Waals surface area contributed by atoms with Gasteiger partial charge in [-0.15, -0.1) is 0 Å². The number of amides is 1. The summed E-state index contributed by atoms with van der Waals surface area (Å²) in [5.41, 5.74) is 0.896. The molecule has 1 saturated carbocycles. The number of carboxylic acid groups (broad SMARTS) is 1. The number of carbonyl (C=O) groups is 2. The van der Waals surface area contributed by atoms with Gasteiger partial charge in [0.25, 0.3) is 5.91 Å². The lowest BCUT2D eigenvalue weighted by Gasteiger charge is -2.18. The van der Waals surface area contributed by atoms with E-state index < -0.39 is 5.97 Å². The van der Waals surface area contributed by atoms with Crippen molar-refractivity contribution in [1.29, 1.82) is 0 Å². The van der Waals surface area contributed by atoms with Gasteiger partial charge in [-0.25, -0.2) is 9.48 Å². The van der Waals surface area contributed by atoms with Gasteiger partial charge in [0.1, 0.15) is 5.69 Å². The zero-order chi connectivity index (χ0) is 16.7. The third-order valence-electron chi connectivity index (χ3n) is 5.16. The quantitative estimate of drug-likeness (QED) is 0.940. The largest absolute Gasteiger partial charge is 0.476 e. The van der Waals surface area contributed by atoms with Crippen molar-refractivity contribution in [3.63, 3.8) is 0 Å². The molecule has 1 aliphatic heterocycles. The second-order valence-electron chi connectivity index (χ2n) is 6.63. The molecule has 4 rings (SSSR count). The highest BCUT2D eigenvalue weighted by Gasteiger charge is 2.39. The number of carboxylic acids is 1. The van der Waals surface area contributed by atoms with Crippen LogP contribution in [-0.2, 0) is 0 Å². The van der Waals surface area contributed by atoms with Gasteiger partial charge in [-0.1, -0.05) is 24.6 Å². The van der Waals surface area contributed by atoms with Gasteiger partial charge in [0.05, 0.1) is 5.69 Å². The maximum absolute atomic E-state index is 13.0. The number of likely N-dealkylation sites (tertiary alicyclic amines) is 1. The van der Waals surface area contributed by atoms with Gasteiger partial charge in [-0.3, -0.25) is 4.79 Å². The Hall–Kier alpha value is -2.63. The Morgan fingerprint density at radius 3 is 2.38 bits per heavy atom. The lowest BCUT2D eigenvalue weighted by molar-refractivity contribution is 0.0689. The van der Waals surface area contributed by atoms with E-state index in [0.29, 0.717) is 23.2 Å². The molecule has 1 amide bonds. The topological polar surface area (TPSA) is 75.4 Å². The lowest BCUT2D eigenvalue weighted by Crippen LogP contribution is -2.31. The summed E-state index contributed by atoms with van der Waals surface area (Å²) in [6.07, 6.45) is 3.63. The number of fused-ring (bicyclic) bond motifs is 1. The molecular formula is C18H19N3O3. The van der Waals surface area contributed by atoms with Crippen molar-refractivity contribution in [2.45, 2.75) is 19.3 Å². The average Bonchev–Trinajstić information content (AvgIpc) is 3.28. The van der Waals surface area contributed by atoms with E-state index >= 15 is 0 Å². The summed E-state index contributed by atoms with van der Waals surface area (Å²) < 4.78 is 1.44. The minimum Gasteiger partial charge on any atom is -0.476 e. The standard InChI is InChI=1S/C18H19N3O3/c22-17(20-10-12-5-4-6-13(12)11-20)16-9-15(18(23)24)19-21(16)14-7-2-1-3-8-14/h1-3,7-9,12-13H,4-6,10-11H2,(H,23,24)/t12-,13-/m1/s1. The maximum atomic E-state index is 13.0. The predicted octanol–water partition coefficient (Wildman–Crippen LogP) is 2.44.